The molecular weight excluding hydrogens is 344 g/mol. The normalized spacial score (nSPS) is 14.5. The van der Waals surface area contributed by atoms with Gasteiger partial charge in [0.05, 0.1) is 41.9 Å². The number of hydrogen-bond acceptors (Lipinski definition) is 6. The zero-order chi connectivity index (χ0) is 17.3. The molecule has 0 radical (unpaired) electrons. The number of para-hydroxylation sites is 1. The number of benzene rings is 2. The standard InChI is InChI=1S/C17H16N2O3S2/c1-12(11-22-24(2,20)21)19-14-5-3-4-6-16(14)23-17-8-7-13(10-18)9-15(17)19/h3-9,12H,11H2,1-2H3. The van der Waals surface area contributed by atoms with Crippen LogP contribution in [0.5, 0.6) is 0 Å². The minimum Gasteiger partial charge on any atom is -0.334 e. The minimum absolute atomic E-state index is 0.0358. The van der Waals surface area contributed by atoms with Crippen LogP contribution in [0.2, 0.25) is 0 Å². The highest BCUT2D eigenvalue weighted by Gasteiger charge is 2.28. The van der Waals surface area contributed by atoms with E-state index in [0.29, 0.717) is 5.56 Å². The predicted octanol–water partition coefficient (Wildman–Crippen LogP) is 3.53. The van der Waals surface area contributed by atoms with Crippen molar-refractivity contribution in [2.45, 2.75) is 22.8 Å². The molecule has 2 aromatic carbocycles. The van der Waals surface area contributed by atoms with Crippen LogP contribution in [0, 0.1) is 11.3 Å². The molecule has 0 bridgehead atoms. The van der Waals surface area contributed by atoms with E-state index in [2.05, 4.69) is 6.07 Å². The van der Waals surface area contributed by atoms with Crippen LogP contribution < -0.4 is 4.90 Å². The van der Waals surface area contributed by atoms with Gasteiger partial charge in [0, 0.05) is 9.79 Å². The van der Waals surface area contributed by atoms with Crippen LogP contribution in [0.4, 0.5) is 11.4 Å². The van der Waals surface area contributed by atoms with Gasteiger partial charge >= 0.3 is 0 Å². The number of fused-ring (bicyclic) bond motifs is 2. The zero-order valence-electron chi connectivity index (χ0n) is 13.3. The predicted molar refractivity (Wildman–Crippen MR) is 94.1 cm³/mol. The summed E-state index contributed by atoms with van der Waals surface area (Å²) >= 11 is 1.64. The third-order valence-electron chi connectivity index (χ3n) is 3.66. The first kappa shape index (κ1) is 16.8. The molecule has 0 fully saturated rings. The largest absolute Gasteiger partial charge is 0.334 e. The fourth-order valence-corrected chi connectivity index (χ4v) is 4.12. The number of rotatable bonds is 4. The molecule has 5 nitrogen and oxygen atoms in total. The van der Waals surface area contributed by atoms with E-state index in [1.807, 2.05) is 48.2 Å². The average molecular weight is 360 g/mol. The third kappa shape index (κ3) is 3.41. The van der Waals surface area contributed by atoms with Gasteiger partial charge in [0.1, 0.15) is 0 Å². The Labute approximate surface area is 146 Å². The van der Waals surface area contributed by atoms with Crippen molar-refractivity contribution in [1.29, 1.82) is 5.26 Å². The van der Waals surface area contributed by atoms with E-state index in [4.69, 9.17) is 4.18 Å². The minimum atomic E-state index is -3.51. The molecule has 0 aromatic heterocycles. The molecule has 3 rings (SSSR count). The highest BCUT2D eigenvalue weighted by molar-refractivity contribution is 7.99. The van der Waals surface area contributed by atoms with Gasteiger partial charge in [-0.2, -0.15) is 13.7 Å². The molecule has 1 unspecified atom stereocenters. The van der Waals surface area contributed by atoms with Crippen LogP contribution in [-0.2, 0) is 14.3 Å². The SMILES string of the molecule is CC(COS(C)(=O)=O)N1c2ccccc2Sc2ccc(C#N)cc21. The van der Waals surface area contributed by atoms with Crippen molar-refractivity contribution in [2.24, 2.45) is 0 Å². The Bertz CT molecular complexity index is 920. The van der Waals surface area contributed by atoms with Crippen molar-refractivity contribution < 1.29 is 12.6 Å². The Morgan fingerprint density at radius 1 is 1.21 bits per heavy atom. The van der Waals surface area contributed by atoms with Crippen molar-refractivity contribution in [3.63, 3.8) is 0 Å². The summed E-state index contributed by atoms with van der Waals surface area (Å²) in [6, 6.07) is 15.4. The second-order valence-electron chi connectivity index (χ2n) is 5.57. The summed E-state index contributed by atoms with van der Waals surface area (Å²) in [6.07, 6.45) is 1.04. The van der Waals surface area contributed by atoms with Gasteiger partial charge in [0.15, 0.2) is 0 Å². The van der Waals surface area contributed by atoms with Crippen LogP contribution in [-0.4, -0.2) is 27.3 Å². The lowest BCUT2D eigenvalue weighted by Gasteiger charge is -2.37. The average Bonchev–Trinajstić information content (AvgIpc) is 2.56. The summed E-state index contributed by atoms with van der Waals surface area (Å²) in [6.45, 7) is 1.94. The fraction of sp³-hybridized carbons (Fsp3) is 0.235. The van der Waals surface area contributed by atoms with E-state index in [9.17, 15) is 13.7 Å². The van der Waals surface area contributed by atoms with Crippen molar-refractivity contribution in [1.82, 2.24) is 0 Å². The lowest BCUT2D eigenvalue weighted by molar-refractivity contribution is 0.300. The summed E-state index contributed by atoms with van der Waals surface area (Å²) in [5.41, 5.74) is 2.44. The molecule has 0 aliphatic carbocycles. The third-order valence-corrected chi connectivity index (χ3v) is 5.35. The highest BCUT2D eigenvalue weighted by Crippen LogP contribution is 2.49. The number of nitrogens with zero attached hydrogens (tertiary/aromatic N) is 2. The van der Waals surface area contributed by atoms with E-state index in [1.165, 1.54) is 0 Å². The number of nitriles is 1. The molecule has 1 heterocycles. The maximum absolute atomic E-state index is 11.3. The molecule has 0 spiro atoms. The fourth-order valence-electron chi connectivity index (χ4n) is 2.62. The summed E-state index contributed by atoms with van der Waals surface area (Å²) in [5, 5.41) is 9.19. The molecule has 0 N–H and O–H groups in total. The molecular formula is C17H16N2O3S2. The highest BCUT2D eigenvalue weighted by atomic mass is 32.2. The van der Waals surface area contributed by atoms with Crippen molar-refractivity contribution in [2.75, 3.05) is 17.8 Å². The van der Waals surface area contributed by atoms with Gasteiger partial charge in [-0.25, -0.2) is 0 Å². The van der Waals surface area contributed by atoms with E-state index >= 15 is 0 Å². The first-order chi connectivity index (χ1) is 11.4. The van der Waals surface area contributed by atoms with Crippen molar-refractivity contribution in [3.8, 4) is 6.07 Å². The molecule has 0 saturated carbocycles. The second-order valence-corrected chi connectivity index (χ2v) is 8.30. The summed E-state index contributed by atoms with van der Waals surface area (Å²) in [7, 11) is -3.51. The molecule has 24 heavy (non-hydrogen) atoms. The number of anilines is 2. The van der Waals surface area contributed by atoms with Crippen LogP contribution in [0.15, 0.2) is 52.3 Å². The molecule has 0 saturated heterocycles. The lowest BCUT2D eigenvalue weighted by Crippen LogP contribution is -2.35. The van der Waals surface area contributed by atoms with Gasteiger partial charge in [-0.3, -0.25) is 4.18 Å². The maximum Gasteiger partial charge on any atom is 0.264 e. The lowest BCUT2D eigenvalue weighted by atomic mass is 10.1. The van der Waals surface area contributed by atoms with Crippen LogP contribution >= 0.6 is 11.8 Å². The smallest absolute Gasteiger partial charge is 0.264 e. The van der Waals surface area contributed by atoms with Crippen LogP contribution in [0.25, 0.3) is 0 Å². The Balaban J connectivity index is 2.05. The van der Waals surface area contributed by atoms with Crippen molar-refractivity contribution >= 4 is 33.3 Å². The Morgan fingerprint density at radius 3 is 2.62 bits per heavy atom. The van der Waals surface area contributed by atoms with Crippen molar-refractivity contribution in [3.05, 3.63) is 48.0 Å². The molecule has 124 valence electrons. The quantitative estimate of drug-likeness (QED) is 0.777. The zero-order valence-corrected chi connectivity index (χ0v) is 14.9. The molecule has 0 amide bonds. The first-order valence-electron chi connectivity index (χ1n) is 7.34. The Kier molecular flexibility index (Phi) is 4.54. The summed E-state index contributed by atoms with van der Waals surface area (Å²) in [5.74, 6) is 0. The first-order valence-corrected chi connectivity index (χ1v) is 9.97. The molecule has 1 aliphatic heterocycles. The van der Waals surface area contributed by atoms with Gasteiger partial charge < -0.3 is 4.90 Å². The van der Waals surface area contributed by atoms with E-state index < -0.39 is 10.1 Å². The molecule has 1 aliphatic rings. The monoisotopic (exact) mass is 360 g/mol. The second kappa shape index (κ2) is 6.48. The van der Waals surface area contributed by atoms with Gasteiger partial charge in [-0.05, 0) is 37.3 Å². The molecule has 1 atom stereocenters. The van der Waals surface area contributed by atoms with Crippen LogP contribution in [0.3, 0.4) is 0 Å². The molecule has 2 aromatic rings. The summed E-state index contributed by atoms with van der Waals surface area (Å²) < 4.78 is 27.6. The van der Waals surface area contributed by atoms with Gasteiger partial charge in [-0.1, -0.05) is 23.9 Å². The number of hydrogen-bond donors (Lipinski definition) is 0. The molecule has 7 heteroatoms. The summed E-state index contributed by atoms with van der Waals surface area (Å²) in [4.78, 5) is 4.15. The Morgan fingerprint density at radius 2 is 1.92 bits per heavy atom. The topological polar surface area (TPSA) is 70.4 Å². The van der Waals surface area contributed by atoms with E-state index in [0.717, 1.165) is 27.4 Å². The van der Waals surface area contributed by atoms with Gasteiger partial charge in [0.2, 0.25) is 0 Å². The maximum atomic E-state index is 11.3. The van der Waals surface area contributed by atoms with E-state index in [-0.39, 0.29) is 12.6 Å². The van der Waals surface area contributed by atoms with Crippen LogP contribution in [0.1, 0.15) is 12.5 Å². The Hall–Kier alpha value is -2.01. The van der Waals surface area contributed by atoms with E-state index in [1.54, 1.807) is 17.8 Å². The van der Waals surface area contributed by atoms with Gasteiger partial charge in [-0.15, -0.1) is 0 Å². The van der Waals surface area contributed by atoms with Gasteiger partial charge in [0.25, 0.3) is 10.1 Å².